The Morgan fingerprint density at radius 1 is 0.656 bits per heavy atom. The van der Waals surface area contributed by atoms with Gasteiger partial charge in [-0.15, -0.1) is 0 Å². The second-order valence-electron chi connectivity index (χ2n) is 10.9. The Kier molecular flexibility index (Phi) is 10.9. The number of carboxylic acids is 2. The number of carbonyl (C=O) groups is 2. The van der Waals surface area contributed by atoms with Gasteiger partial charge in [0.25, 0.3) is 0 Å². The third kappa shape index (κ3) is 8.60. The van der Waals surface area contributed by atoms with E-state index in [0.717, 1.165) is 70.6 Å². The minimum atomic E-state index is -0.712. The van der Waals surface area contributed by atoms with E-state index in [9.17, 15) is 19.8 Å². The third-order valence-electron chi connectivity index (χ3n) is 7.18. The number of aliphatic carboxylic acids is 2. The highest BCUT2D eigenvalue weighted by molar-refractivity contribution is 5.73. The zero-order chi connectivity index (χ0) is 24.5. The quantitative estimate of drug-likeness (QED) is 0.275. The predicted molar refractivity (Wildman–Crippen MR) is 132 cm³/mol. The normalized spacial score (nSPS) is 12.2. The van der Waals surface area contributed by atoms with Crippen molar-refractivity contribution in [1.29, 1.82) is 0 Å². The van der Waals surface area contributed by atoms with E-state index in [-0.39, 0.29) is 0 Å². The minimum Gasteiger partial charge on any atom is -0.481 e. The van der Waals surface area contributed by atoms with Crippen molar-refractivity contribution in [2.75, 3.05) is 0 Å². The first-order valence-electron chi connectivity index (χ1n) is 12.3. The average Bonchev–Trinajstić information content (AvgIpc) is 2.69. The predicted octanol–water partition coefficient (Wildman–Crippen LogP) is 7.43. The molecule has 0 saturated heterocycles. The molecule has 1 aromatic carbocycles. The van der Waals surface area contributed by atoms with Crippen LogP contribution >= 0.6 is 0 Å². The molecule has 0 aliphatic heterocycles. The lowest BCUT2D eigenvalue weighted by molar-refractivity contribution is -0.148. The SMILES string of the molecule is Cc1cc(C)c(CCCCCC(C)(C)C(=O)O)c(CCCCCCC(C)(C)C(=O)O)c1C. The van der Waals surface area contributed by atoms with Gasteiger partial charge in [-0.1, -0.05) is 38.2 Å². The van der Waals surface area contributed by atoms with E-state index in [1.165, 1.54) is 27.8 Å². The minimum absolute atomic E-state index is 0.628. The maximum absolute atomic E-state index is 11.3. The second-order valence-corrected chi connectivity index (χ2v) is 10.9. The van der Waals surface area contributed by atoms with Crippen LogP contribution in [0.15, 0.2) is 6.07 Å². The summed E-state index contributed by atoms with van der Waals surface area (Å²) in [7, 11) is 0. The number of carboxylic acid groups (broad SMARTS) is 2. The smallest absolute Gasteiger partial charge is 0.309 e. The first kappa shape index (κ1) is 28.2. The summed E-state index contributed by atoms with van der Waals surface area (Å²) in [5, 5.41) is 18.5. The maximum atomic E-state index is 11.3. The molecule has 0 heterocycles. The molecule has 0 saturated carbocycles. The van der Waals surface area contributed by atoms with E-state index in [2.05, 4.69) is 26.8 Å². The largest absolute Gasteiger partial charge is 0.481 e. The highest BCUT2D eigenvalue weighted by atomic mass is 16.4. The van der Waals surface area contributed by atoms with Crippen molar-refractivity contribution in [3.63, 3.8) is 0 Å². The van der Waals surface area contributed by atoms with Crippen LogP contribution in [0.3, 0.4) is 0 Å². The lowest BCUT2D eigenvalue weighted by Gasteiger charge is -2.20. The number of benzene rings is 1. The standard InChI is InChI=1S/C28H46O4/c1-20-19-21(2)23(15-12-10-14-18-28(6,7)26(31)32)24(22(20)3)16-11-8-9-13-17-27(4,5)25(29)30/h19H,8-18H2,1-7H3,(H,29,30)(H,31,32). The van der Waals surface area contributed by atoms with Gasteiger partial charge in [0.1, 0.15) is 0 Å². The molecular formula is C28H46O4. The van der Waals surface area contributed by atoms with Gasteiger partial charge in [0, 0.05) is 0 Å². The van der Waals surface area contributed by atoms with E-state index >= 15 is 0 Å². The number of hydrogen-bond acceptors (Lipinski definition) is 2. The molecule has 4 nitrogen and oxygen atoms in total. The Balaban J connectivity index is 2.60. The van der Waals surface area contributed by atoms with Crippen LogP contribution in [0.5, 0.6) is 0 Å². The molecule has 0 aromatic heterocycles. The van der Waals surface area contributed by atoms with E-state index in [1.807, 2.05) is 27.7 Å². The van der Waals surface area contributed by atoms with Crippen LogP contribution in [0.25, 0.3) is 0 Å². The summed E-state index contributed by atoms with van der Waals surface area (Å²) in [5.41, 5.74) is 5.85. The Bertz CT molecular complexity index is 774. The number of hydrogen-bond donors (Lipinski definition) is 2. The monoisotopic (exact) mass is 446 g/mol. The first-order chi connectivity index (χ1) is 14.8. The fourth-order valence-electron chi connectivity index (χ4n) is 4.39. The summed E-state index contributed by atoms with van der Waals surface area (Å²) >= 11 is 0. The molecule has 0 fully saturated rings. The molecule has 0 unspecified atom stereocenters. The second kappa shape index (κ2) is 12.4. The van der Waals surface area contributed by atoms with Crippen LogP contribution in [0.2, 0.25) is 0 Å². The van der Waals surface area contributed by atoms with Crippen molar-refractivity contribution in [2.45, 2.75) is 119 Å². The van der Waals surface area contributed by atoms with Crippen molar-refractivity contribution in [2.24, 2.45) is 10.8 Å². The van der Waals surface area contributed by atoms with Crippen LogP contribution in [0, 0.1) is 31.6 Å². The lowest BCUT2D eigenvalue weighted by atomic mass is 9.85. The molecule has 0 aliphatic carbocycles. The summed E-state index contributed by atoms with van der Waals surface area (Å²) in [4.78, 5) is 22.5. The van der Waals surface area contributed by atoms with Gasteiger partial charge in [-0.25, -0.2) is 0 Å². The molecule has 1 rings (SSSR count). The summed E-state index contributed by atoms with van der Waals surface area (Å²) in [6.45, 7) is 13.9. The molecule has 0 aliphatic rings. The Hall–Kier alpha value is -1.84. The van der Waals surface area contributed by atoms with Gasteiger partial charge in [-0.3, -0.25) is 9.59 Å². The zero-order valence-corrected chi connectivity index (χ0v) is 21.6. The van der Waals surface area contributed by atoms with Crippen LogP contribution in [-0.4, -0.2) is 22.2 Å². The van der Waals surface area contributed by atoms with Crippen molar-refractivity contribution in [3.8, 4) is 0 Å². The van der Waals surface area contributed by atoms with E-state index in [4.69, 9.17) is 0 Å². The van der Waals surface area contributed by atoms with E-state index in [0.29, 0.717) is 0 Å². The molecule has 0 amide bonds. The van der Waals surface area contributed by atoms with Crippen LogP contribution in [0.4, 0.5) is 0 Å². The number of unbranched alkanes of at least 4 members (excludes halogenated alkanes) is 5. The molecule has 0 spiro atoms. The molecule has 4 heteroatoms. The van der Waals surface area contributed by atoms with Gasteiger partial charge in [0.2, 0.25) is 0 Å². The molecular weight excluding hydrogens is 400 g/mol. The van der Waals surface area contributed by atoms with Gasteiger partial charge < -0.3 is 10.2 Å². The topological polar surface area (TPSA) is 74.6 Å². The molecule has 2 N–H and O–H groups in total. The van der Waals surface area contributed by atoms with Gasteiger partial charge in [0.15, 0.2) is 0 Å². The molecule has 182 valence electrons. The van der Waals surface area contributed by atoms with Gasteiger partial charge >= 0.3 is 11.9 Å². The van der Waals surface area contributed by atoms with Gasteiger partial charge in [-0.2, -0.15) is 0 Å². The third-order valence-corrected chi connectivity index (χ3v) is 7.18. The van der Waals surface area contributed by atoms with Crippen molar-refractivity contribution < 1.29 is 19.8 Å². The van der Waals surface area contributed by atoms with Crippen LogP contribution in [-0.2, 0) is 22.4 Å². The van der Waals surface area contributed by atoms with Crippen molar-refractivity contribution in [3.05, 3.63) is 33.9 Å². The summed E-state index contributed by atoms with van der Waals surface area (Å²) in [5.74, 6) is -1.42. The lowest BCUT2D eigenvalue weighted by Crippen LogP contribution is -2.23. The van der Waals surface area contributed by atoms with Crippen molar-refractivity contribution in [1.82, 2.24) is 0 Å². The average molecular weight is 447 g/mol. The van der Waals surface area contributed by atoms with Crippen LogP contribution in [0.1, 0.15) is 113 Å². The van der Waals surface area contributed by atoms with E-state index in [1.54, 1.807) is 0 Å². The molecule has 0 radical (unpaired) electrons. The number of aryl methyl sites for hydroxylation is 2. The summed E-state index contributed by atoms with van der Waals surface area (Å²) in [6.07, 6.45) is 11.0. The molecule has 32 heavy (non-hydrogen) atoms. The maximum Gasteiger partial charge on any atom is 0.309 e. The number of rotatable bonds is 15. The molecule has 0 atom stereocenters. The summed E-state index contributed by atoms with van der Waals surface area (Å²) in [6, 6.07) is 2.30. The summed E-state index contributed by atoms with van der Waals surface area (Å²) < 4.78 is 0. The highest BCUT2D eigenvalue weighted by Crippen LogP contribution is 2.29. The Labute approximate surface area is 195 Å². The first-order valence-corrected chi connectivity index (χ1v) is 12.3. The molecule has 1 aromatic rings. The zero-order valence-electron chi connectivity index (χ0n) is 21.6. The highest BCUT2D eigenvalue weighted by Gasteiger charge is 2.26. The van der Waals surface area contributed by atoms with Crippen LogP contribution < -0.4 is 0 Å². The van der Waals surface area contributed by atoms with Gasteiger partial charge in [-0.05, 0) is 115 Å². The fourth-order valence-corrected chi connectivity index (χ4v) is 4.39. The Morgan fingerprint density at radius 2 is 1.06 bits per heavy atom. The Morgan fingerprint density at radius 3 is 1.53 bits per heavy atom. The van der Waals surface area contributed by atoms with Crippen molar-refractivity contribution >= 4 is 11.9 Å². The fraction of sp³-hybridized carbons (Fsp3) is 0.714. The van der Waals surface area contributed by atoms with Gasteiger partial charge in [0.05, 0.1) is 10.8 Å². The molecule has 0 bridgehead atoms. The van der Waals surface area contributed by atoms with E-state index < -0.39 is 22.8 Å².